The number of thiazole rings is 1. The molecule has 3 aromatic heterocycles. The van der Waals surface area contributed by atoms with Crippen LogP contribution >= 0.6 is 11.3 Å². The quantitative estimate of drug-likeness (QED) is 0.719. The van der Waals surface area contributed by atoms with E-state index < -0.39 is 0 Å². The highest BCUT2D eigenvalue weighted by molar-refractivity contribution is 7.11. The Kier molecular flexibility index (Phi) is 4.12. The van der Waals surface area contributed by atoms with Gasteiger partial charge in [0, 0.05) is 16.5 Å². The first-order valence-electron chi connectivity index (χ1n) is 8.19. The van der Waals surface area contributed by atoms with E-state index in [2.05, 4.69) is 10.4 Å². The van der Waals surface area contributed by atoms with Gasteiger partial charge in [0.1, 0.15) is 16.6 Å². The summed E-state index contributed by atoms with van der Waals surface area (Å²) in [6.07, 6.45) is 5.18. The van der Waals surface area contributed by atoms with Crippen LogP contribution in [0, 0.1) is 6.92 Å². The average molecular weight is 344 g/mol. The van der Waals surface area contributed by atoms with Crippen LogP contribution in [0.2, 0.25) is 0 Å². The molecular formula is C17H20N4O2S. The van der Waals surface area contributed by atoms with Gasteiger partial charge in [-0.2, -0.15) is 5.10 Å². The van der Waals surface area contributed by atoms with Crippen molar-refractivity contribution in [2.24, 2.45) is 0 Å². The standard InChI is InChI=1S/C17H20N4O2S/c1-11-12(5-8-23-11)14-9-16(21(20-14)6-7-22)18-10-17-19-13-3-2-4-15(13)24-17/h5,8-9,18,22H,2-4,6-7,10H2,1H3. The molecule has 1 aliphatic carbocycles. The van der Waals surface area contributed by atoms with Crippen LogP contribution in [0.3, 0.4) is 0 Å². The molecule has 6 nitrogen and oxygen atoms in total. The number of aliphatic hydroxyl groups excluding tert-OH is 1. The summed E-state index contributed by atoms with van der Waals surface area (Å²) in [6.45, 7) is 3.10. The predicted octanol–water partition coefficient (Wildman–Crippen LogP) is 3.00. The van der Waals surface area contributed by atoms with E-state index in [-0.39, 0.29) is 6.61 Å². The van der Waals surface area contributed by atoms with E-state index >= 15 is 0 Å². The summed E-state index contributed by atoms with van der Waals surface area (Å²) in [7, 11) is 0. The topological polar surface area (TPSA) is 76.1 Å². The molecule has 3 aromatic rings. The Balaban J connectivity index is 1.54. The summed E-state index contributed by atoms with van der Waals surface area (Å²) in [5.74, 6) is 1.72. The molecule has 0 aromatic carbocycles. The molecule has 3 heterocycles. The van der Waals surface area contributed by atoms with Crippen molar-refractivity contribution < 1.29 is 9.52 Å². The lowest BCUT2D eigenvalue weighted by Crippen LogP contribution is -2.10. The molecule has 0 bridgehead atoms. The number of anilines is 1. The molecule has 0 saturated carbocycles. The molecule has 2 N–H and O–H groups in total. The third kappa shape index (κ3) is 2.85. The fourth-order valence-corrected chi connectivity index (χ4v) is 4.19. The number of aromatic nitrogens is 3. The summed E-state index contributed by atoms with van der Waals surface area (Å²) in [5, 5.41) is 18.4. The van der Waals surface area contributed by atoms with Gasteiger partial charge in [0.25, 0.3) is 0 Å². The van der Waals surface area contributed by atoms with Gasteiger partial charge in [0.15, 0.2) is 0 Å². The lowest BCUT2D eigenvalue weighted by molar-refractivity contribution is 0.270. The van der Waals surface area contributed by atoms with Gasteiger partial charge in [0.2, 0.25) is 0 Å². The molecule has 0 aliphatic heterocycles. The van der Waals surface area contributed by atoms with E-state index in [9.17, 15) is 5.11 Å². The second kappa shape index (κ2) is 6.41. The van der Waals surface area contributed by atoms with E-state index in [0.29, 0.717) is 13.1 Å². The Morgan fingerprint density at radius 1 is 1.42 bits per heavy atom. The number of nitrogens with one attached hydrogen (secondary N) is 1. The molecule has 0 saturated heterocycles. The number of hydrogen-bond donors (Lipinski definition) is 2. The van der Waals surface area contributed by atoms with Crippen molar-refractivity contribution in [1.82, 2.24) is 14.8 Å². The molecule has 126 valence electrons. The lowest BCUT2D eigenvalue weighted by atomic mass is 10.2. The Hall–Kier alpha value is -2.12. The Labute approximate surface area is 144 Å². The van der Waals surface area contributed by atoms with Gasteiger partial charge < -0.3 is 14.8 Å². The van der Waals surface area contributed by atoms with Crippen LogP contribution in [0.4, 0.5) is 5.82 Å². The highest BCUT2D eigenvalue weighted by Crippen LogP contribution is 2.29. The molecule has 4 rings (SSSR count). The van der Waals surface area contributed by atoms with Gasteiger partial charge in [-0.15, -0.1) is 11.3 Å². The van der Waals surface area contributed by atoms with Gasteiger partial charge in [-0.3, -0.25) is 0 Å². The van der Waals surface area contributed by atoms with Crippen molar-refractivity contribution in [3.8, 4) is 11.3 Å². The van der Waals surface area contributed by atoms with Crippen LogP contribution < -0.4 is 5.32 Å². The minimum absolute atomic E-state index is 0.0473. The van der Waals surface area contributed by atoms with Crippen molar-refractivity contribution in [3.05, 3.63) is 39.7 Å². The highest BCUT2D eigenvalue weighted by Gasteiger charge is 2.17. The van der Waals surface area contributed by atoms with E-state index in [1.54, 1.807) is 22.3 Å². The minimum atomic E-state index is 0.0473. The first-order chi connectivity index (χ1) is 11.7. The SMILES string of the molecule is Cc1occc1-c1cc(NCc2nc3c(s2)CCC3)n(CCO)n1. The van der Waals surface area contributed by atoms with E-state index in [1.807, 2.05) is 19.1 Å². The zero-order chi connectivity index (χ0) is 16.5. The maximum absolute atomic E-state index is 9.29. The minimum Gasteiger partial charge on any atom is -0.469 e. The Morgan fingerprint density at radius 2 is 2.33 bits per heavy atom. The predicted molar refractivity (Wildman–Crippen MR) is 93.2 cm³/mol. The van der Waals surface area contributed by atoms with Gasteiger partial charge in [0.05, 0.1) is 37.3 Å². The molecule has 0 atom stereocenters. The van der Waals surface area contributed by atoms with Crippen LogP contribution in [-0.2, 0) is 25.9 Å². The average Bonchev–Trinajstić information content (AvgIpc) is 3.29. The normalized spacial score (nSPS) is 13.4. The Bertz CT molecular complexity index is 827. The van der Waals surface area contributed by atoms with E-state index in [0.717, 1.165) is 34.3 Å². The summed E-state index contributed by atoms with van der Waals surface area (Å²) < 4.78 is 7.16. The number of fused-ring (bicyclic) bond motifs is 1. The summed E-state index contributed by atoms with van der Waals surface area (Å²) >= 11 is 1.80. The largest absolute Gasteiger partial charge is 0.469 e. The summed E-state index contributed by atoms with van der Waals surface area (Å²) in [6, 6.07) is 3.91. The number of hydrogen-bond acceptors (Lipinski definition) is 6. The molecule has 0 fully saturated rings. The zero-order valence-corrected chi connectivity index (χ0v) is 14.4. The van der Waals surface area contributed by atoms with Crippen LogP contribution in [-0.4, -0.2) is 26.5 Å². The highest BCUT2D eigenvalue weighted by atomic mass is 32.1. The Morgan fingerprint density at radius 3 is 3.08 bits per heavy atom. The second-order valence-corrected chi connectivity index (χ2v) is 7.10. The number of aryl methyl sites for hydroxylation is 3. The van der Waals surface area contributed by atoms with E-state index in [1.165, 1.54) is 23.4 Å². The van der Waals surface area contributed by atoms with Crippen LogP contribution in [0.25, 0.3) is 11.3 Å². The molecular weight excluding hydrogens is 324 g/mol. The van der Waals surface area contributed by atoms with Crippen molar-refractivity contribution in [2.75, 3.05) is 11.9 Å². The van der Waals surface area contributed by atoms with E-state index in [4.69, 9.17) is 9.40 Å². The van der Waals surface area contributed by atoms with Gasteiger partial charge in [-0.25, -0.2) is 9.67 Å². The van der Waals surface area contributed by atoms with Gasteiger partial charge in [-0.05, 0) is 32.3 Å². The van der Waals surface area contributed by atoms with Gasteiger partial charge >= 0.3 is 0 Å². The number of nitrogens with zero attached hydrogens (tertiary/aromatic N) is 3. The summed E-state index contributed by atoms with van der Waals surface area (Å²) in [5.41, 5.74) is 3.09. The monoisotopic (exact) mass is 344 g/mol. The maximum Gasteiger partial charge on any atom is 0.125 e. The molecule has 0 unspecified atom stereocenters. The zero-order valence-electron chi connectivity index (χ0n) is 13.6. The third-order valence-electron chi connectivity index (χ3n) is 4.29. The fraction of sp³-hybridized carbons (Fsp3) is 0.412. The van der Waals surface area contributed by atoms with Crippen molar-refractivity contribution >= 4 is 17.2 Å². The van der Waals surface area contributed by atoms with Crippen LogP contribution in [0.1, 0.15) is 27.8 Å². The maximum atomic E-state index is 9.29. The van der Waals surface area contributed by atoms with Crippen LogP contribution in [0.15, 0.2) is 22.8 Å². The first-order valence-corrected chi connectivity index (χ1v) is 9.01. The molecule has 1 aliphatic rings. The molecule has 7 heteroatoms. The van der Waals surface area contributed by atoms with Gasteiger partial charge in [-0.1, -0.05) is 0 Å². The molecule has 0 radical (unpaired) electrons. The van der Waals surface area contributed by atoms with Crippen molar-refractivity contribution in [2.45, 2.75) is 39.3 Å². The summed E-state index contributed by atoms with van der Waals surface area (Å²) in [4.78, 5) is 6.15. The third-order valence-corrected chi connectivity index (χ3v) is 5.44. The second-order valence-electron chi connectivity index (χ2n) is 5.94. The van der Waals surface area contributed by atoms with Crippen molar-refractivity contribution in [1.29, 1.82) is 0 Å². The molecule has 0 amide bonds. The lowest BCUT2D eigenvalue weighted by Gasteiger charge is -2.07. The fourth-order valence-electron chi connectivity index (χ4n) is 3.09. The number of rotatable bonds is 6. The number of furan rings is 1. The van der Waals surface area contributed by atoms with Crippen LogP contribution in [0.5, 0.6) is 0 Å². The van der Waals surface area contributed by atoms with Crippen molar-refractivity contribution in [3.63, 3.8) is 0 Å². The smallest absolute Gasteiger partial charge is 0.125 e. The number of aliphatic hydroxyl groups is 1. The molecule has 24 heavy (non-hydrogen) atoms. The first kappa shape index (κ1) is 15.4. The molecule has 0 spiro atoms.